The molecule has 2 aromatic heterocycles. The Kier molecular flexibility index (Phi) is 6.48. The maximum Gasteiger partial charge on any atom is 0.239 e. The summed E-state index contributed by atoms with van der Waals surface area (Å²) in [5.41, 5.74) is 1.55. The Balaban J connectivity index is 1.77. The summed E-state index contributed by atoms with van der Waals surface area (Å²) in [5.74, 6) is 0.0712. The smallest absolute Gasteiger partial charge is 0.239 e. The predicted molar refractivity (Wildman–Crippen MR) is 110 cm³/mol. The van der Waals surface area contributed by atoms with Crippen LogP contribution in [0.2, 0.25) is 10.0 Å². The van der Waals surface area contributed by atoms with Crippen LogP contribution in [0, 0.1) is 0 Å². The summed E-state index contributed by atoms with van der Waals surface area (Å²) in [5, 5.41) is 15.1. The molecule has 0 atom stereocenters. The maximum atomic E-state index is 12.7. The average molecular weight is 441 g/mol. The van der Waals surface area contributed by atoms with Gasteiger partial charge in [0, 0.05) is 24.5 Å². The largest absolute Gasteiger partial charge is 0.284 e. The minimum atomic E-state index is -0.113. The zero-order valence-corrected chi connectivity index (χ0v) is 17.3. The fraction of sp³-hybridized carbons (Fsp3) is 0.188. The van der Waals surface area contributed by atoms with E-state index in [9.17, 15) is 4.79 Å². The molecule has 0 saturated heterocycles. The third-order valence-corrected chi connectivity index (χ3v) is 6.06. The van der Waals surface area contributed by atoms with Crippen molar-refractivity contribution in [3.8, 4) is 11.3 Å². The monoisotopic (exact) mass is 440 g/mol. The summed E-state index contributed by atoms with van der Waals surface area (Å²) in [7, 11) is 1.72. The normalized spacial score (nSPS) is 10.8. The maximum absolute atomic E-state index is 12.7. The first kappa shape index (κ1) is 19.8. The molecular formula is C16H14Cl2N6OS2. The second-order valence-electron chi connectivity index (χ2n) is 5.31. The van der Waals surface area contributed by atoms with Gasteiger partial charge in [0.05, 0.1) is 21.5 Å². The summed E-state index contributed by atoms with van der Waals surface area (Å²) in [6.07, 6.45) is 1.66. The molecule has 0 bridgehead atoms. The zero-order valence-electron chi connectivity index (χ0n) is 14.2. The Morgan fingerprint density at radius 1 is 1.41 bits per heavy atom. The van der Waals surface area contributed by atoms with E-state index in [4.69, 9.17) is 23.2 Å². The van der Waals surface area contributed by atoms with Crippen molar-refractivity contribution in [2.24, 2.45) is 7.05 Å². The highest BCUT2D eigenvalue weighted by Gasteiger charge is 2.20. The van der Waals surface area contributed by atoms with Crippen LogP contribution in [0.25, 0.3) is 11.3 Å². The molecule has 0 aliphatic rings. The number of amides is 1. The van der Waals surface area contributed by atoms with Crippen molar-refractivity contribution >= 4 is 57.3 Å². The van der Waals surface area contributed by atoms with Crippen LogP contribution in [-0.4, -0.2) is 43.4 Å². The Hall–Kier alpha value is -1.94. The number of thioether (sulfide) groups is 1. The van der Waals surface area contributed by atoms with Gasteiger partial charge in [0.1, 0.15) is 0 Å². The number of aryl methyl sites for hydroxylation is 1. The minimum Gasteiger partial charge on any atom is -0.284 e. The molecule has 0 N–H and O–H groups in total. The number of halogens is 2. The van der Waals surface area contributed by atoms with Gasteiger partial charge in [-0.05, 0) is 22.6 Å². The van der Waals surface area contributed by atoms with Gasteiger partial charge >= 0.3 is 0 Å². The first-order valence-electron chi connectivity index (χ1n) is 7.67. The van der Waals surface area contributed by atoms with Gasteiger partial charge in [0.2, 0.25) is 11.1 Å². The third-order valence-electron chi connectivity index (χ3n) is 3.46. The fourth-order valence-corrected chi connectivity index (χ4v) is 4.02. The number of tetrazole rings is 1. The number of carbonyl (C=O) groups excluding carboxylic acids is 1. The molecule has 3 aromatic rings. The van der Waals surface area contributed by atoms with Crippen molar-refractivity contribution in [1.29, 1.82) is 0 Å². The highest BCUT2D eigenvalue weighted by Crippen LogP contribution is 2.32. The van der Waals surface area contributed by atoms with Crippen molar-refractivity contribution in [1.82, 2.24) is 25.2 Å². The van der Waals surface area contributed by atoms with Crippen LogP contribution in [0.1, 0.15) is 0 Å². The molecule has 7 nitrogen and oxygen atoms in total. The molecular weight excluding hydrogens is 427 g/mol. The molecule has 0 unspecified atom stereocenters. The highest BCUT2D eigenvalue weighted by atomic mass is 35.5. The van der Waals surface area contributed by atoms with E-state index in [0.29, 0.717) is 26.9 Å². The van der Waals surface area contributed by atoms with Gasteiger partial charge in [-0.25, -0.2) is 9.67 Å². The van der Waals surface area contributed by atoms with Crippen LogP contribution in [-0.2, 0) is 11.8 Å². The van der Waals surface area contributed by atoms with Gasteiger partial charge < -0.3 is 0 Å². The standard InChI is InChI=1S/C16H14Cl2N6OS2/c1-3-6-24(14(25)9-27-16-20-21-22-23(16)2)15-19-13(8-26-15)10-4-5-11(17)12(18)7-10/h3-5,7-8H,1,6,9H2,2H3. The Labute approximate surface area is 174 Å². The lowest BCUT2D eigenvalue weighted by Crippen LogP contribution is -2.32. The molecule has 27 heavy (non-hydrogen) atoms. The molecule has 140 valence electrons. The molecule has 1 aromatic carbocycles. The van der Waals surface area contributed by atoms with Crippen LogP contribution in [0.3, 0.4) is 0 Å². The van der Waals surface area contributed by atoms with Gasteiger partial charge in [0.15, 0.2) is 5.13 Å². The summed E-state index contributed by atoms with van der Waals surface area (Å²) in [6.45, 7) is 4.08. The number of aromatic nitrogens is 5. The predicted octanol–water partition coefficient (Wildman–Crippen LogP) is 3.95. The van der Waals surface area contributed by atoms with Crippen molar-refractivity contribution in [3.63, 3.8) is 0 Å². The molecule has 1 amide bonds. The summed E-state index contributed by atoms with van der Waals surface area (Å²) >= 11 is 14.7. The third kappa shape index (κ3) is 4.67. The Morgan fingerprint density at radius 2 is 2.22 bits per heavy atom. The fourth-order valence-electron chi connectivity index (χ4n) is 2.14. The summed E-state index contributed by atoms with van der Waals surface area (Å²) in [4.78, 5) is 18.8. The summed E-state index contributed by atoms with van der Waals surface area (Å²) < 4.78 is 1.52. The van der Waals surface area contributed by atoms with Gasteiger partial charge in [0.25, 0.3) is 0 Å². The molecule has 11 heteroatoms. The lowest BCUT2D eigenvalue weighted by atomic mass is 10.2. The molecule has 0 aliphatic carbocycles. The van der Waals surface area contributed by atoms with Crippen molar-refractivity contribution in [3.05, 3.63) is 46.3 Å². The van der Waals surface area contributed by atoms with E-state index in [1.807, 2.05) is 11.4 Å². The van der Waals surface area contributed by atoms with E-state index in [1.54, 1.807) is 30.2 Å². The lowest BCUT2D eigenvalue weighted by Gasteiger charge is -2.17. The number of hydrogen-bond donors (Lipinski definition) is 0. The van der Waals surface area contributed by atoms with Crippen LogP contribution in [0.15, 0.2) is 41.4 Å². The van der Waals surface area contributed by atoms with E-state index >= 15 is 0 Å². The van der Waals surface area contributed by atoms with E-state index in [2.05, 4.69) is 27.1 Å². The van der Waals surface area contributed by atoms with E-state index in [0.717, 1.165) is 11.3 Å². The molecule has 0 spiro atoms. The summed E-state index contributed by atoms with van der Waals surface area (Å²) in [6, 6.07) is 5.30. The minimum absolute atomic E-state index is 0.113. The molecule has 2 heterocycles. The highest BCUT2D eigenvalue weighted by molar-refractivity contribution is 7.99. The molecule has 3 rings (SSSR count). The lowest BCUT2D eigenvalue weighted by molar-refractivity contribution is -0.116. The van der Waals surface area contributed by atoms with Crippen molar-refractivity contribution in [2.45, 2.75) is 5.16 Å². The SMILES string of the molecule is C=CCN(C(=O)CSc1nnnn1C)c1nc(-c2ccc(Cl)c(Cl)c2)cs1. The molecule has 0 radical (unpaired) electrons. The van der Waals surface area contributed by atoms with Gasteiger partial charge in [-0.15, -0.1) is 23.0 Å². The van der Waals surface area contributed by atoms with E-state index in [1.165, 1.54) is 27.8 Å². The van der Waals surface area contributed by atoms with E-state index in [-0.39, 0.29) is 11.7 Å². The first-order chi connectivity index (χ1) is 13.0. The number of hydrogen-bond acceptors (Lipinski definition) is 7. The molecule has 0 fully saturated rings. The van der Waals surface area contributed by atoms with Crippen LogP contribution in [0.4, 0.5) is 5.13 Å². The van der Waals surface area contributed by atoms with Crippen LogP contribution in [0.5, 0.6) is 0 Å². The molecule has 0 saturated carbocycles. The topological polar surface area (TPSA) is 76.8 Å². The Morgan fingerprint density at radius 3 is 2.89 bits per heavy atom. The zero-order chi connectivity index (χ0) is 19.4. The van der Waals surface area contributed by atoms with Crippen LogP contribution >= 0.6 is 46.3 Å². The van der Waals surface area contributed by atoms with E-state index < -0.39 is 0 Å². The van der Waals surface area contributed by atoms with Gasteiger partial charge in [-0.1, -0.05) is 47.1 Å². The number of rotatable bonds is 7. The van der Waals surface area contributed by atoms with Gasteiger partial charge in [-0.3, -0.25) is 9.69 Å². The number of benzene rings is 1. The van der Waals surface area contributed by atoms with Crippen molar-refractivity contribution in [2.75, 3.05) is 17.2 Å². The number of nitrogens with zero attached hydrogens (tertiary/aromatic N) is 6. The van der Waals surface area contributed by atoms with Crippen LogP contribution < -0.4 is 4.90 Å². The number of thiazole rings is 1. The van der Waals surface area contributed by atoms with Gasteiger partial charge in [-0.2, -0.15) is 0 Å². The quantitative estimate of drug-likeness (QED) is 0.408. The Bertz CT molecular complexity index is 973. The first-order valence-corrected chi connectivity index (χ1v) is 10.3. The number of anilines is 1. The second-order valence-corrected chi connectivity index (χ2v) is 7.90. The molecule has 0 aliphatic heterocycles. The second kappa shape index (κ2) is 8.83. The van der Waals surface area contributed by atoms with Crippen molar-refractivity contribution < 1.29 is 4.79 Å². The number of carbonyl (C=O) groups is 1. The average Bonchev–Trinajstić information content (AvgIpc) is 3.29.